The van der Waals surface area contributed by atoms with Gasteiger partial charge in [0, 0.05) is 13.1 Å². The van der Waals surface area contributed by atoms with Gasteiger partial charge in [-0.1, -0.05) is 6.07 Å². The van der Waals surface area contributed by atoms with Crippen molar-refractivity contribution in [1.29, 1.82) is 0 Å². The Bertz CT molecular complexity index is 386. The minimum Gasteiger partial charge on any atom is -0.493 e. The molecule has 0 radical (unpaired) electrons. The van der Waals surface area contributed by atoms with Crippen LogP contribution in [-0.4, -0.2) is 33.9 Å². The molecule has 4 nitrogen and oxygen atoms in total. The summed E-state index contributed by atoms with van der Waals surface area (Å²) >= 11 is 0. The smallest absolute Gasteiger partial charge is 0.161 e. The Balaban J connectivity index is 2.32. The fraction of sp³-hybridized carbons (Fsp3) is 0.538. The average molecular weight is 237 g/mol. The maximum absolute atomic E-state index is 5.87. The van der Waals surface area contributed by atoms with Gasteiger partial charge in [0.25, 0.3) is 0 Å². The molecular formula is C13H19NO3. The number of benzene rings is 1. The van der Waals surface area contributed by atoms with Crippen LogP contribution in [0.1, 0.15) is 12.5 Å². The van der Waals surface area contributed by atoms with E-state index in [1.807, 2.05) is 18.2 Å². The van der Waals surface area contributed by atoms with E-state index >= 15 is 0 Å². The van der Waals surface area contributed by atoms with Crippen molar-refractivity contribution in [3.63, 3.8) is 0 Å². The molecule has 2 rings (SSSR count). The average Bonchev–Trinajstić information content (AvgIpc) is 2.38. The molecular weight excluding hydrogens is 218 g/mol. The standard InChI is InChI=1S/C13H19NO3/c1-13(9-14-6-7-17-13)10-4-5-11(15-2)12(8-10)16-3/h4-5,8,14H,6-7,9H2,1-3H3/t13-/m1/s1. The van der Waals surface area contributed by atoms with E-state index in [0.29, 0.717) is 0 Å². The summed E-state index contributed by atoms with van der Waals surface area (Å²) in [7, 11) is 3.28. The van der Waals surface area contributed by atoms with Crippen molar-refractivity contribution in [3.8, 4) is 11.5 Å². The van der Waals surface area contributed by atoms with Gasteiger partial charge in [0.2, 0.25) is 0 Å². The van der Waals surface area contributed by atoms with E-state index in [0.717, 1.165) is 36.8 Å². The van der Waals surface area contributed by atoms with Crippen molar-refractivity contribution in [1.82, 2.24) is 5.32 Å². The van der Waals surface area contributed by atoms with Gasteiger partial charge >= 0.3 is 0 Å². The molecule has 1 saturated heterocycles. The molecule has 0 amide bonds. The van der Waals surface area contributed by atoms with Crippen molar-refractivity contribution in [2.75, 3.05) is 33.9 Å². The van der Waals surface area contributed by atoms with E-state index in [1.54, 1.807) is 14.2 Å². The SMILES string of the molecule is COc1ccc([C@@]2(C)CNCCO2)cc1OC. The summed E-state index contributed by atoms with van der Waals surface area (Å²) in [6.07, 6.45) is 0. The first-order chi connectivity index (χ1) is 8.19. The molecule has 17 heavy (non-hydrogen) atoms. The predicted octanol–water partition coefficient (Wildman–Crippen LogP) is 1.54. The fourth-order valence-corrected chi connectivity index (χ4v) is 2.08. The first kappa shape index (κ1) is 12.2. The molecule has 0 unspecified atom stereocenters. The van der Waals surface area contributed by atoms with Gasteiger partial charge in [0.05, 0.1) is 20.8 Å². The number of ether oxygens (including phenoxy) is 3. The third kappa shape index (κ3) is 2.37. The molecule has 0 spiro atoms. The molecule has 1 aromatic carbocycles. The van der Waals surface area contributed by atoms with Crippen LogP contribution in [-0.2, 0) is 10.3 Å². The van der Waals surface area contributed by atoms with Gasteiger partial charge in [-0.05, 0) is 24.6 Å². The lowest BCUT2D eigenvalue weighted by Gasteiger charge is -2.35. The van der Waals surface area contributed by atoms with Crippen LogP contribution in [0.5, 0.6) is 11.5 Å². The predicted molar refractivity (Wildman–Crippen MR) is 65.7 cm³/mol. The van der Waals surface area contributed by atoms with Gasteiger partial charge in [-0.2, -0.15) is 0 Å². The Labute approximate surface area is 102 Å². The summed E-state index contributed by atoms with van der Waals surface area (Å²) in [5.74, 6) is 1.48. The van der Waals surface area contributed by atoms with Crippen LogP contribution in [0.3, 0.4) is 0 Å². The second-order valence-corrected chi connectivity index (χ2v) is 4.33. The van der Waals surface area contributed by atoms with Crippen molar-refractivity contribution in [2.45, 2.75) is 12.5 Å². The summed E-state index contributed by atoms with van der Waals surface area (Å²) in [4.78, 5) is 0. The molecule has 0 saturated carbocycles. The minimum atomic E-state index is -0.294. The number of morpholine rings is 1. The fourth-order valence-electron chi connectivity index (χ4n) is 2.08. The highest BCUT2D eigenvalue weighted by Gasteiger charge is 2.30. The second-order valence-electron chi connectivity index (χ2n) is 4.33. The van der Waals surface area contributed by atoms with Crippen LogP contribution in [0.4, 0.5) is 0 Å². The summed E-state index contributed by atoms with van der Waals surface area (Å²) in [5.41, 5.74) is 0.806. The van der Waals surface area contributed by atoms with Crippen molar-refractivity contribution < 1.29 is 14.2 Å². The third-order valence-corrected chi connectivity index (χ3v) is 3.16. The first-order valence-corrected chi connectivity index (χ1v) is 5.77. The number of rotatable bonds is 3. The van der Waals surface area contributed by atoms with E-state index in [9.17, 15) is 0 Å². The summed E-state index contributed by atoms with van der Waals surface area (Å²) < 4.78 is 16.4. The number of hydrogen-bond acceptors (Lipinski definition) is 4. The van der Waals surface area contributed by atoms with Gasteiger partial charge in [-0.15, -0.1) is 0 Å². The van der Waals surface area contributed by atoms with E-state index < -0.39 is 0 Å². The van der Waals surface area contributed by atoms with Gasteiger partial charge in [-0.3, -0.25) is 0 Å². The van der Waals surface area contributed by atoms with E-state index in [2.05, 4.69) is 12.2 Å². The number of methoxy groups -OCH3 is 2. The summed E-state index contributed by atoms with van der Waals surface area (Å²) in [6, 6.07) is 5.91. The van der Waals surface area contributed by atoms with E-state index in [1.165, 1.54) is 0 Å². The Hall–Kier alpha value is -1.26. The van der Waals surface area contributed by atoms with E-state index in [-0.39, 0.29) is 5.60 Å². The normalized spacial score (nSPS) is 24.4. The number of hydrogen-bond donors (Lipinski definition) is 1. The number of nitrogens with one attached hydrogen (secondary N) is 1. The first-order valence-electron chi connectivity index (χ1n) is 5.77. The van der Waals surface area contributed by atoms with Crippen LogP contribution in [0.25, 0.3) is 0 Å². The monoisotopic (exact) mass is 237 g/mol. The summed E-state index contributed by atoms with van der Waals surface area (Å²) in [5, 5.41) is 3.34. The molecule has 1 N–H and O–H groups in total. The highest BCUT2D eigenvalue weighted by molar-refractivity contribution is 5.44. The Kier molecular flexibility index (Phi) is 3.54. The lowest BCUT2D eigenvalue weighted by atomic mass is 9.94. The molecule has 0 bridgehead atoms. The molecule has 1 fully saturated rings. The van der Waals surface area contributed by atoms with E-state index in [4.69, 9.17) is 14.2 Å². The molecule has 1 heterocycles. The topological polar surface area (TPSA) is 39.7 Å². The molecule has 94 valence electrons. The Morgan fingerprint density at radius 3 is 2.59 bits per heavy atom. The largest absolute Gasteiger partial charge is 0.493 e. The van der Waals surface area contributed by atoms with Crippen LogP contribution >= 0.6 is 0 Å². The van der Waals surface area contributed by atoms with Gasteiger partial charge in [0.1, 0.15) is 5.60 Å². The third-order valence-electron chi connectivity index (χ3n) is 3.16. The Morgan fingerprint density at radius 2 is 2.00 bits per heavy atom. The van der Waals surface area contributed by atoms with Crippen LogP contribution in [0.2, 0.25) is 0 Å². The zero-order chi connectivity index (χ0) is 12.3. The van der Waals surface area contributed by atoms with Crippen molar-refractivity contribution in [3.05, 3.63) is 23.8 Å². The maximum atomic E-state index is 5.87. The molecule has 0 aromatic heterocycles. The molecule has 1 aromatic rings. The summed E-state index contributed by atoms with van der Waals surface area (Å²) in [6.45, 7) is 4.52. The molecule has 4 heteroatoms. The van der Waals surface area contributed by atoms with Crippen LogP contribution in [0, 0.1) is 0 Å². The molecule has 1 atom stereocenters. The van der Waals surface area contributed by atoms with Gasteiger partial charge < -0.3 is 19.5 Å². The molecule has 0 aliphatic carbocycles. The quantitative estimate of drug-likeness (QED) is 0.865. The Morgan fingerprint density at radius 1 is 1.24 bits per heavy atom. The zero-order valence-corrected chi connectivity index (χ0v) is 10.6. The van der Waals surface area contributed by atoms with Gasteiger partial charge in [0.15, 0.2) is 11.5 Å². The van der Waals surface area contributed by atoms with Crippen LogP contribution < -0.4 is 14.8 Å². The van der Waals surface area contributed by atoms with Crippen molar-refractivity contribution >= 4 is 0 Å². The molecule has 1 aliphatic heterocycles. The highest BCUT2D eigenvalue weighted by atomic mass is 16.5. The second kappa shape index (κ2) is 4.94. The highest BCUT2D eigenvalue weighted by Crippen LogP contribution is 2.34. The van der Waals surface area contributed by atoms with Crippen molar-refractivity contribution in [2.24, 2.45) is 0 Å². The van der Waals surface area contributed by atoms with Crippen LogP contribution in [0.15, 0.2) is 18.2 Å². The maximum Gasteiger partial charge on any atom is 0.161 e. The molecule has 1 aliphatic rings. The minimum absolute atomic E-state index is 0.294. The lowest BCUT2D eigenvalue weighted by molar-refractivity contribution is -0.0573. The lowest BCUT2D eigenvalue weighted by Crippen LogP contribution is -2.45. The van der Waals surface area contributed by atoms with Gasteiger partial charge in [-0.25, -0.2) is 0 Å². The zero-order valence-electron chi connectivity index (χ0n) is 10.6.